The Labute approximate surface area is 149 Å². The predicted molar refractivity (Wildman–Crippen MR) is 97.9 cm³/mol. The molecule has 0 saturated heterocycles. The monoisotopic (exact) mass is 391 g/mol. The van der Waals surface area contributed by atoms with Gasteiger partial charge in [0, 0.05) is 10.2 Å². The van der Waals surface area contributed by atoms with Gasteiger partial charge in [0.1, 0.15) is 0 Å². The third kappa shape index (κ3) is 5.27. The number of rotatable bonds is 7. The van der Waals surface area contributed by atoms with Gasteiger partial charge >= 0.3 is 0 Å². The lowest BCUT2D eigenvalue weighted by molar-refractivity contribution is -0.119. The number of benzene rings is 2. The normalized spacial score (nSPS) is 10.5. The Kier molecular flexibility index (Phi) is 6.62. The van der Waals surface area contributed by atoms with Crippen LogP contribution >= 0.6 is 15.9 Å². The highest BCUT2D eigenvalue weighted by atomic mass is 79.9. The molecule has 7 heteroatoms. The van der Waals surface area contributed by atoms with E-state index in [0.29, 0.717) is 11.5 Å². The van der Waals surface area contributed by atoms with Crippen LogP contribution in [0.5, 0.6) is 11.5 Å². The predicted octanol–water partition coefficient (Wildman–Crippen LogP) is 3.03. The molecular formula is C17H18BrN3O3. The molecule has 0 spiro atoms. The van der Waals surface area contributed by atoms with Gasteiger partial charge in [-0.3, -0.25) is 4.79 Å². The zero-order chi connectivity index (χ0) is 17.4. The first-order chi connectivity index (χ1) is 11.6. The topological polar surface area (TPSA) is 72.0 Å². The molecule has 2 aromatic rings. The summed E-state index contributed by atoms with van der Waals surface area (Å²) < 4.78 is 11.4. The lowest BCUT2D eigenvalue weighted by Crippen LogP contribution is -2.25. The van der Waals surface area contributed by atoms with Crippen molar-refractivity contribution < 1.29 is 14.3 Å². The average molecular weight is 392 g/mol. The first-order valence-electron chi connectivity index (χ1n) is 7.15. The van der Waals surface area contributed by atoms with Crippen molar-refractivity contribution in [3.05, 3.63) is 52.5 Å². The molecule has 2 rings (SSSR count). The second kappa shape index (κ2) is 8.93. The van der Waals surface area contributed by atoms with Crippen LogP contribution in [0.2, 0.25) is 0 Å². The minimum Gasteiger partial charge on any atom is -0.493 e. The van der Waals surface area contributed by atoms with Gasteiger partial charge in [-0.05, 0) is 48.0 Å². The van der Waals surface area contributed by atoms with Gasteiger partial charge < -0.3 is 14.8 Å². The Morgan fingerprint density at radius 1 is 1.12 bits per heavy atom. The molecule has 0 atom stereocenters. The number of anilines is 1. The number of nitrogens with zero attached hydrogens (tertiary/aromatic N) is 1. The molecule has 0 aliphatic heterocycles. The smallest absolute Gasteiger partial charge is 0.259 e. The van der Waals surface area contributed by atoms with Crippen molar-refractivity contribution in [2.75, 3.05) is 26.1 Å². The van der Waals surface area contributed by atoms with Crippen LogP contribution in [-0.2, 0) is 4.79 Å². The molecule has 0 saturated carbocycles. The molecule has 6 nitrogen and oxygen atoms in total. The van der Waals surface area contributed by atoms with Gasteiger partial charge in [-0.2, -0.15) is 5.10 Å². The maximum atomic E-state index is 11.8. The molecule has 24 heavy (non-hydrogen) atoms. The first kappa shape index (κ1) is 17.8. The summed E-state index contributed by atoms with van der Waals surface area (Å²) in [7, 11) is 3.14. The van der Waals surface area contributed by atoms with E-state index in [1.165, 1.54) is 0 Å². The van der Waals surface area contributed by atoms with Gasteiger partial charge in [0.05, 0.1) is 27.0 Å². The number of ether oxygens (including phenoxy) is 2. The molecule has 0 fully saturated rings. The standard InChI is InChI=1S/C17H18BrN3O3/c1-23-15-8-3-12(9-16(15)24-2)10-20-21-17(22)11-19-14-6-4-13(18)5-7-14/h3-10,19H,11H2,1-2H3,(H,21,22). The van der Waals surface area contributed by atoms with E-state index in [-0.39, 0.29) is 12.5 Å². The van der Waals surface area contributed by atoms with Gasteiger partial charge in [0.15, 0.2) is 11.5 Å². The van der Waals surface area contributed by atoms with Gasteiger partial charge in [-0.15, -0.1) is 0 Å². The van der Waals surface area contributed by atoms with E-state index >= 15 is 0 Å². The van der Waals surface area contributed by atoms with E-state index in [1.807, 2.05) is 30.3 Å². The third-order valence-corrected chi connectivity index (χ3v) is 3.64. The summed E-state index contributed by atoms with van der Waals surface area (Å²) in [5, 5.41) is 6.94. The summed E-state index contributed by atoms with van der Waals surface area (Å²) in [6.07, 6.45) is 1.54. The first-order valence-corrected chi connectivity index (χ1v) is 7.95. The number of hydrogen-bond acceptors (Lipinski definition) is 5. The minimum atomic E-state index is -0.241. The van der Waals surface area contributed by atoms with E-state index in [0.717, 1.165) is 15.7 Å². The van der Waals surface area contributed by atoms with E-state index in [4.69, 9.17) is 9.47 Å². The zero-order valence-electron chi connectivity index (χ0n) is 13.4. The maximum absolute atomic E-state index is 11.8. The maximum Gasteiger partial charge on any atom is 0.259 e. The minimum absolute atomic E-state index is 0.130. The summed E-state index contributed by atoms with van der Waals surface area (Å²) >= 11 is 3.36. The number of carbonyl (C=O) groups is 1. The zero-order valence-corrected chi connectivity index (χ0v) is 15.0. The van der Waals surface area contributed by atoms with E-state index < -0.39 is 0 Å². The van der Waals surface area contributed by atoms with Crippen molar-refractivity contribution in [3.63, 3.8) is 0 Å². The highest BCUT2D eigenvalue weighted by molar-refractivity contribution is 9.10. The molecule has 2 aromatic carbocycles. The van der Waals surface area contributed by atoms with Gasteiger partial charge in [0.2, 0.25) is 0 Å². The van der Waals surface area contributed by atoms with Crippen molar-refractivity contribution in [2.45, 2.75) is 0 Å². The fraction of sp³-hybridized carbons (Fsp3) is 0.176. The van der Waals surface area contributed by atoms with Crippen molar-refractivity contribution in [1.82, 2.24) is 5.43 Å². The van der Waals surface area contributed by atoms with Crippen LogP contribution in [0.3, 0.4) is 0 Å². The summed E-state index contributed by atoms with van der Waals surface area (Å²) in [5.74, 6) is 0.997. The number of halogens is 1. The van der Waals surface area contributed by atoms with Crippen LogP contribution in [0.4, 0.5) is 5.69 Å². The SMILES string of the molecule is COc1ccc(C=NNC(=O)CNc2ccc(Br)cc2)cc1OC. The number of hydrazone groups is 1. The number of carbonyl (C=O) groups excluding carboxylic acids is 1. The van der Waals surface area contributed by atoms with Crippen LogP contribution < -0.4 is 20.2 Å². The molecule has 126 valence electrons. The quantitative estimate of drug-likeness (QED) is 0.561. The molecule has 0 bridgehead atoms. The summed E-state index contributed by atoms with van der Waals surface area (Å²) in [4.78, 5) is 11.8. The lowest BCUT2D eigenvalue weighted by atomic mass is 10.2. The Hall–Kier alpha value is -2.54. The van der Waals surface area contributed by atoms with Crippen molar-refractivity contribution >= 4 is 33.7 Å². The number of amides is 1. The Morgan fingerprint density at radius 2 is 1.83 bits per heavy atom. The fourth-order valence-corrected chi connectivity index (χ4v) is 2.17. The van der Waals surface area contributed by atoms with Crippen molar-refractivity contribution in [2.24, 2.45) is 5.10 Å². The van der Waals surface area contributed by atoms with Crippen LogP contribution in [0, 0.1) is 0 Å². The number of hydrogen-bond donors (Lipinski definition) is 2. The molecular weight excluding hydrogens is 374 g/mol. The summed E-state index contributed by atoms with van der Waals surface area (Å²) in [6.45, 7) is 0.130. The summed E-state index contributed by atoms with van der Waals surface area (Å²) in [5.41, 5.74) is 4.11. The molecule has 1 amide bonds. The Bertz CT molecular complexity index is 718. The second-order valence-corrected chi connectivity index (χ2v) is 5.68. The molecule has 0 unspecified atom stereocenters. The van der Waals surface area contributed by atoms with Gasteiger partial charge in [-0.1, -0.05) is 15.9 Å². The molecule has 0 aliphatic carbocycles. The Balaban J connectivity index is 1.84. The van der Waals surface area contributed by atoms with Crippen molar-refractivity contribution in [3.8, 4) is 11.5 Å². The molecule has 2 N–H and O–H groups in total. The van der Waals surface area contributed by atoms with Crippen LogP contribution in [0.15, 0.2) is 52.0 Å². The fourth-order valence-electron chi connectivity index (χ4n) is 1.90. The van der Waals surface area contributed by atoms with Crippen molar-refractivity contribution in [1.29, 1.82) is 0 Å². The van der Waals surface area contributed by atoms with Gasteiger partial charge in [-0.25, -0.2) is 5.43 Å². The molecule has 0 aromatic heterocycles. The lowest BCUT2D eigenvalue weighted by Gasteiger charge is -2.07. The number of nitrogens with one attached hydrogen (secondary N) is 2. The molecule has 0 radical (unpaired) electrons. The third-order valence-electron chi connectivity index (χ3n) is 3.11. The summed E-state index contributed by atoms with van der Waals surface area (Å²) in [6, 6.07) is 12.9. The molecule has 0 heterocycles. The van der Waals surface area contributed by atoms with Crippen LogP contribution in [0.1, 0.15) is 5.56 Å². The second-order valence-electron chi connectivity index (χ2n) is 4.77. The van der Waals surface area contributed by atoms with E-state index in [2.05, 4.69) is 31.8 Å². The Morgan fingerprint density at radius 3 is 2.50 bits per heavy atom. The van der Waals surface area contributed by atoms with E-state index in [1.54, 1.807) is 32.6 Å². The molecule has 0 aliphatic rings. The number of methoxy groups -OCH3 is 2. The highest BCUT2D eigenvalue weighted by Crippen LogP contribution is 2.26. The van der Waals surface area contributed by atoms with Crippen LogP contribution in [0.25, 0.3) is 0 Å². The largest absolute Gasteiger partial charge is 0.493 e. The van der Waals surface area contributed by atoms with E-state index in [9.17, 15) is 4.79 Å². The van der Waals surface area contributed by atoms with Crippen LogP contribution in [-0.4, -0.2) is 32.9 Å². The highest BCUT2D eigenvalue weighted by Gasteiger charge is 2.03. The van der Waals surface area contributed by atoms with Gasteiger partial charge in [0.25, 0.3) is 5.91 Å². The average Bonchev–Trinajstić information content (AvgIpc) is 2.61.